The molecular weight excluding hydrogens is 318 g/mol. The van der Waals surface area contributed by atoms with Gasteiger partial charge in [-0.05, 0) is 42.5 Å². The number of rotatable bonds is 4. The summed E-state index contributed by atoms with van der Waals surface area (Å²) in [5, 5.41) is 7.61. The summed E-state index contributed by atoms with van der Waals surface area (Å²) in [6, 6.07) is 13.3. The Hall–Kier alpha value is -3.06. The van der Waals surface area contributed by atoms with Crippen LogP contribution >= 0.6 is 11.6 Å². The lowest BCUT2D eigenvalue weighted by Gasteiger charge is -2.03. The minimum Gasteiger partial charge on any atom is -0.366 e. The first kappa shape index (κ1) is 14.9. The number of amides is 1. The zero-order chi connectivity index (χ0) is 16.4. The van der Waals surface area contributed by atoms with E-state index in [-0.39, 0.29) is 5.95 Å². The van der Waals surface area contributed by atoms with E-state index in [0.29, 0.717) is 22.0 Å². The number of benzene rings is 2. The van der Waals surface area contributed by atoms with E-state index in [1.54, 1.807) is 48.5 Å². The molecule has 0 fully saturated rings. The van der Waals surface area contributed by atoms with Gasteiger partial charge in [0.2, 0.25) is 11.9 Å². The van der Waals surface area contributed by atoms with Gasteiger partial charge in [0.25, 0.3) is 0 Å². The molecule has 1 amide bonds. The van der Waals surface area contributed by atoms with Gasteiger partial charge in [-0.3, -0.25) is 9.78 Å². The van der Waals surface area contributed by atoms with Crippen molar-refractivity contribution in [3.8, 4) is 5.69 Å². The number of aromatic amines is 1. The predicted octanol–water partition coefficient (Wildman–Crippen LogP) is 2.06. The average molecular weight is 330 g/mol. The highest BCUT2D eigenvalue weighted by Gasteiger charge is 2.08. The molecule has 0 bridgehead atoms. The molecule has 116 valence electrons. The first-order valence-electron chi connectivity index (χ1n) is 6.65. The molecule has 0 aliphatic heterocycles. The van der Waals surface area contributed by atoms with Crippen molar-refractivity contribution >= 4 is 29.1 Å². The van der Waals surface area contributed by atoms with Crippen LogP contribution < -0.4 is 16.7 Å². The summed E-state index contributed by atoms with van der Waals surface area (Å²) >= 11 is 5.92. The topological polar surface area (TPSA) is 106 Å². The fraction of sp³-hybridized carbons (Fsp3) is 0. The van der Waals surface area contributed by atoms with Crippen LogP contribution in [0.1, 0.15) is 10.4 Å². The van der Waals surface area contributed by atoms with Crippen LogP contribution in [-0.4, -0.2) is 20.7 Å². The molecule has 1 aromatic heterocycles. The minimum atomic E-state index is -0.504. The van der Waals surface area contributed by atoms with E-state index >= 15 is 0 Å². The molecule has 0 unspecified atom stereocenters. The number of hydrogen-bond acceptors (Lipinski definition) is 4. The summed E-state index contributed by atoms with van der Waals surface area (Å²) in [4.78, 5) is 25.6. The Morgan fingerprint density at radius 2 is 1.96 bits per heavy atom. The number of nitrogens with one attached hydrogen (secondary N) is 2. The molecule has 0 aliphatic rings. The van der Waals surface area contributed by atoms with Gasteiger partial charge in [-0.1, -0.05) is 17.7 Å². The first-order valence-corrected chi connectivity index (χ1v) is 7.03. The third kappa shape index (κ3) is 3.24. The number of carbonyl (C=O) groups excluding carboxylic acids is 1. The molecule has 0 aliphatic carbocycles. The molecular formula is C15H12ClN5O2. The number of nitrogens with zero attached hydrogens (tertiary/aromatic N) is 2. The maximum atomic E-state index is 12.0. The Balaban J connectivity index is 1.86. The number of halogens is 1. The monoisotopic (exact) mass is 329 g/mol. The van der Waals surface area contributed by atoms with Gasteiger partial charge in [-0.25, -0.2) is 4.79 Å². The molecule has 7 nitrogen and oxygen atoms in total. The molecule has 0 saturated heterocycles. The highest BCUT2D eigenvalue weighted by molar-refractivity contribution is 6.30. The van der Waals surface area contributed by atoms with E-state index < -0.39 is 11.6 Å². The molecule has 2 aromatic carbocycles. The van der Waals surface area contributed by atoms with Crippen LogP contribution in [0, 0.1) is 0 Å². The molecule has 1 heterocycles. The van der Waals surface area contributed by atoms with E-state index in [4.69, 9.17) is 17.3 Å². The lowest BCUT2D eigenvalue weighted by Crippen LogP contribution is -2.15. The summed E-state index contributed by atoms with van der Waals surface area (Å²) in [7, 11) is 0. The predicted molar refractivity (Wildman–Crippen MR) is 87.4 cm³/mol. The van der Waals surface area contributed by atoms with Gasteiger partial charge >= 0.3 is 5.69 Å². The molecule has 0 saturated carbocycles. The normalized spacial score (nSPS) is 10.5. The lowest BCUT2D eigenvalue weighted by atomic mass is 10.2. The van der Waals surface area contributed by atoms with Gasteiger partial charge in [0.05, 0.1) is 5.69 Å². The lowest BCUT2D eigenvalue weighted by molar-refractivity contribution is 0.100. The van der Waals surface area contributed by atoms with Crippen molar-refractivity contribution in [3.63, 3.8) is 0 Å². The molecule has 8 heteroatoms. The van der Waals surface area contributed by atoms with Gasteiger partial charge < -0.3 is 11.1 Å². The third-order valence-electron chi connectivity index (χ3n) is 3.10. The number of primary amides is 1. The van der Waals surface area contributed by atoms with Crippen molar-refractivity contribution in [2.75, 3.05) is 5.32 Å². The Morgan fingerprint density at radius 1 is 1.22 bits per heavy atom. The second-order valence-corrected chi connectivity index (χ2v) is 5.17. The SMILES string of the molecule is NC(=O)c1ccc(Nc2nn(-c3cccc(Cl)c3)c(=O)[nH]2)cc1. The molecule has 4 N–H and O–H groups in total. The van der Waals surface area contributed by atoms with Crippen molar-refractivity contribution in [1.29, 1.82) is 0 Å². The van der Waals surface area contributed by atoms with E-state index in [1.165, 1.54) is 4.68 Å². The van der Waals surface area contributed by atoms with Crippen molar-refractivity contribution in [2.45, 2.75) is 0 Å². The summed E-state index contributed by atoms with van der Waals surface area (Å²) in [5.41, 5.74) is 6.39. The van der Waals surface area contributed by atoms with Crippen LogP contribution in [0.5, 0.6) is 0 Å². The van der Waals surface area contributed by atoms with Crippen molar-refractivity contribution in [2.24, 2.45) is 5.73 Å². The van der Waals surface area contributed by atoms with E-state index in [2.05, 4.69) is 15.4 Å². The largest absolute Gasteiger partial charge is 0.366 e. The maximum Gasteiger partial charge on any atom is 0.349 e. The molecule has 3 rings (SSSR count). The van der Waals surface area contributed by atoms with Crippen molar-refractivity contribution < 1.29 is 4.79 Å². The van der Waals surface area contributed by atoms with Gasteiger partial charge in [-0.15, -0.1) is 5.10 Å². The van der Waals surface area contributed by atoms with Crippen molar-refractivity contribution in [1.82, 2.24) is 14.8 Å². The van der Waals surface area contributed by atoms with Crippen LogP contribution in [0.3, 0.4) is 0 Å². The summed E-state index contributed by atoms with van der Waals surface area (Å²) in [5.74, 6) is -0.239. The molecule has 0 radical (unpaired) electrons. The highest BCUT2D eigenvalue weighted by Crippen LogP contribution is 2.15. The van der Waals surface area contributed by atoms with Gasteiger partial charge in [0.1, 0.15) is 0 Å². The number of aromatic nitrogens is 3. The van der Waals surface area contributed by atoms with Crippen LogP contribution in [0.4, 0.5) is 11.6 Å². The number of nitrogens with two attached hydrogens (primary N) is 1. The number of anilines is 2. The maximum absolute atomic E-state index is 12.0. The fourth-order valence-corrected chi connectivity index (χ4v) is 2.20. The first-order chi connectivity index (χ1) is 11.0. The van der Waals surface area contributed by atoms with E-state index in [0.717, 1.165) is 0 Å². The Labute approximate surface area is 135 Å². The number of H-pyrrole nitrogens is 1. The summed E-state index contributed by atoms with van der Waals surface area (Å²) in [6.45, 7) is 0. The molecule has 3 aromatic rings. The van der Waals surface area contributed by atoms with Crippen LogP contribution in [-0.2, 0) is 0 Å². The average Bonchev–Trinajstić information content (AvgIpc) is 2.88. The van der Waals surface area contributed by atoms with Crippen LogP contribution in [0.25, 0.3) is 5.69 Å². The third-order valence-corrected chi connectivity index (χ3v) is 3.34. The Kier molecular flexibility index (Phi) is 3.86. The number of hydrogen-bond donors (Lipinski definition) is 3. The van der Waals surface area contributed by atoms with Gasteiger partial charge in [0, 0.05) is 16.3 Å². The van der Waals surface area contributed by atoms with E-state index in [1.807, 2.05) is 0 Å². The standard InChI is InChI=1S/C15H12ClN5O2/c16-10-2-1-3-12(8-10)21-15(23)19-14(20-21)18-11-6-4-9(5-7-11)13(17)22/h1-8H,(H2,17,22)(H2,18,19,20,23). The number of carbonyl (C=O) groups is 1. The van der Waals surface area contributed by atoms with Gasteiger partial charge in [-0.2, -0.15) is 4.68 Å². The van der Waals surface area contributed by atoms with Crippen LogP contribution in [0.15, 0.2) is 53.3 Å². The quantitative estimate of drug-likeness (QED) is 0.681. The molecule has 0 atom stereocenters. The zero-order valence-electron chi connectivity index (χ0n) is 11.8. The fourth-order valence-electron chi connectivity index (χ4n) is 2.02. The molecule has 23 heavy (non-hydrogen) atoms. The van der Waals surface area contributed by atoms with Crippen molar-refractivity contribution in [3.05, 3.63) is 69.6 Å². The minimum absolute atomic E-state index is 0.266. The zero-order valence-corrected chi connectivity index (χ0v) is 12.5. The Bertz CT molecular complexity index is 914. The van der Waals surface area contributed by atoms with E-state index in [9.17, 15) is 9.59 Å². The molecule has 0 spiro atoms. The Morgan fingerprint density at radius 3 is 2.61 bits per heavy atom. The smallest absolute Gasteiger partial charge is 0.349 e. The van der Waals surface area contributed by atoms with Crippen LogP contribution in [0.2, 0.25) is 5.02 Å². The summed E-state index contributed by atoms with van der Waals surface area (Å²) < 4.78 is 1.20. The summed E-state index contributed by atoms with van der Waals surface area (Å²) in [6.07, 6.45) is 0. The highest BCUT2D eigenvalue weighted by atomic mass is 35.5. The second kappa shape index (κ2) is 5.98. The second-order valence-electron chi connectivity index (χ2n) is 4.74. The van der Waals surface area contributed by atoms with Gasteiger partial charge in [0.15, 0.2) is 0 Å².